The van der Waals surface area contributed by atoms with Crippen LogP contribution in [-0.4, -0.2) is 11.7 Å². The van der Waals surface area contributed by atoms with Gasteiger partial charge in [0.2, 0.25) is 0 Å². The first-order valence-electron chi connectivity index (χ1n) is 6.86. The third kappa shape index (κ3) is 3.81. The zero-order valence-corrected chi connectivity index (χ0v) is 12.7. The molecule has 2 rings (SSSR count). The maximum Gasteiger partial charge on any atom is 0.167 e. The molecule has 1 atom stereocenters. The Morgan fingerprint density at radius 1 is 1.00 bits per heavy atom. The van der Waals surface area contributed by atoms with Gasteiger partial charge >= 0.3 is 0 Å². The molecule has 0 fully saturated rings. The lowest BCUT2D eigenvalue weighted by molar-refractivity contribution is 0.742. The van der Waals surface area contributed by atoms with Crippen LogP contribution in [0.5, 0.6) is 0 Å². The molecule has 0 aliphatic carbocycles. The molecule has 0 aromatic heterocycles. The molecule has 3 heteroatoms. The SMILES string of the molecule is CCNC(=S)N[C@@H](c1ccccc1)c1ccc(C)cc1. The summed E-state index contributed by atoms with van der Waals surface area (Å²) in [4.78, 5) is 0. The van der Waals surface area contributed by atoms with Crippen LogP contribution in [0.4, 0.5) is 0 Å². The lowest BCUT2D eigenvalue weighted by Gasteiger charge is -2.22. The van der Waals surface area contributed by atoms with Gasteiger partial charge in [0.05, 0.1) is 6.04 Å². The van der Waals surface area contributed by atoms with Crippen LogP contribution in [0, 0.1) is 6.92 Å². The van der Waals surface area contributed by atoms with Crippen LogP contribution in [0.25, 0.3) is 0 Å². The normalized spacial score (nSPS) is 11.7. The molecule has 0 aliphatic heterocycles. The number of aryl methyl sites for hydroxylation is 1. The maximum atomic E-state index is 5.33. The van der Waals surface area contributed by atoms with E-state index in [1.165, 1.54) is 16.7 Å². The van der Waals surface area contributed by atoms with Crippen molar-refractivity contribution in [1.29, 1.82) is 0 Å². The molecular weight excluding hydrogens is 264 g/mol. The largest absolute Gasteiger partial charge is 0.363 e. The van der Waals surface area contributed by atoms with Crippen LogP contribution in [0.1, 0.15) is 29.7 Å². The molecule has 0 saturated heterocycles. The van der Waals surface area contributed by atoms with Gasteiger partial charge in [-0.25, -0.2) is 0 Å². The van der Waals surface area contributed by atoms with Crippen LogP contribution in [0.2, 0.25) is 0 Å². The Morgan fingerprint density at radius 3 is 2.20 bits per heavy atom. The molecule has 20 heavy (non-hydrogen) atoms. The van der Waals surface area contributed by atoms with Crippen molar-refractivity contribution in [2.75, 3.05) is 6.54 Å². The van der Waals surface area contributed by atoms with Gasteiger partial charge in [-0.2, -0.15) is 0 Å². The van der Waals surface area contributed by atoms with Gasteiger partial charge in [0, 0.05) is 6.54 Å². The van der Waals surface area contributed by atoms with Crippen LogP contribution in [0.15, 0.2) is 54.6 Å². The Hall–Kier alpha value is -1.87. The molecule has 0 heterocycles. The standard InChI is InChI=1S/C17H20N2S/c1-3-18-17(20)19-16(14-7-5-4-6-8-14)15-11-9-13(2)10-12-15/h4-12,16H,3H2,1-2H3,(H2,18,19,20)/t16-/m0/s1. The molecule has 2 nitrogen and oxygen atoms in total. The minimum atomic E-state index is 0.0725. The van der Waals surface area contributed by atoms with Gasteiger partial charge in [-0.1, -0.05) is 60.2 Å². The molecule has 0 amide bonds. The minimum Gasteiger partial charge on any atom is -0.363 e. The van der Waals surface area contributed by atoms with Crippen molar-refractivity contribution in [2.24, 2.45) is 0 Å². The summed E-state index contributed by atoms with van der Waals surface area (Å²) in [5.74, 6) is 0. The van der Waals surface area contributed by atoms with Gasteiger partial charge in [0.1, 0.15) is 0 Å². The number of nitrogens with one attached hydrogen (secondary N) is 2. The number of hydrogen-bond donors (Lipinski definition) is 2. The summed E-state index contributed by atoms with van der Waals surface area (Å²) < 4.78 is 0. The molecule has 0 radical (unpaired) electrons. The first kappa shape index (κ1) is 14.5. The summed E-state index contributed by atoms with van der Waals surface area (Å²) in [5.41, 5.74) is 3.67. The summed E-state index contributed by atoms with van der Waals surface area (Å²) in [7, 11) is 0. The zero-order valence-electron chi connectivity index (χ0n) is 11.9. The predicted octanol–water partition coefficient (Wildman–Crippen LogP) is 3.57. The molecule has 2 N–H and O–H groups in total. The van der Waals surface area contributed by atoms with Crippen molar-refractivity contribution in [3.05, 3.63) is 71.3 Å². The van der Waals surface area contributed by atoms with E-state index in [2.05, 4.69) is 66.1 Å². The van der Waals surface area contributed by atoms with Crippen molar-refractivity contribution in [3.8, 4) is 0 Å². The second-order valence-corrected chi connectivity index (χ2v) is 5.17. The molecule has 0 saturated carbocycles. The van der Waals surface area contributed by atoms with Gasteiger partial charge in [0.15, 0.2) is 5.11 Å². The van der Waals surface area contributed by atoms with E-state index in [9.17, 15) is 0 Å². The quantitative estimate of drug-likeness (QED) is 0.839. The van der Waals surface area contributed by atoms with E-state index in [0.29, 0.717) is 5.11 Å². The molecule has 0 spiro atoms. The van der Waals surface area contributed by atoms with Crippen LogP contribution >= 0.6 is 12.2 Å². The fourth-order valence-corrected chi connectivity index (χ4v) is 2.37. The molecule has 2 aromatic carbocycles. The monoisotopic (exact) mass is 284 g/mol. The van der Waals surface area contributed by atoms with Crippen LogP contribution < -0.4 is 10.6 Å². The van der Waals surface area contributed by atoms with Gasteiger partial charge in [-0.15, -0.1) is 0 Å². The number of hydrogen-bond acceptors (Lipinski definition) is 1. The van der Waals surface area contributed by atoms with E-state index >= 15 is 0 Å². The van der Waals surface area contributed by atoms with E-state index in [-0.39, 0.29) is 6.04 Å². The van der Waals surface area contributed by atoms with Crippen LogP contribution in [-0.2, 0) is 0 Å². The first-order chi connectivity index (χ1) is 9.70. The van der Waals surface area contributed by atoms with Crippen molar-refractivity contribution in [3.63, 3.8) is 0 Å². The highest BCUT2D eigenvalue weighted by molar-refractivity contribution is 7.80. The van der Waals surface area contributed by atoms with Crippen molar-refractivity contribution >= 4 is 17.3 Å². The summed E-state index contributed by atoms with van der Waals surface area (Å²) in [5, 5.41) is 7.22. The summed E-state index contributed by atoms with van der Waals surface area (Å²) in [6.07, 6.45) is 0. The highest BCUT2D eigenvalue weighted by atomic mass is 32.1. The first-order valence-corrected chi connectivity index (χ1v) is 7.27. The number of benzene rings is 2. The third-order valence-corrected chi connectivity index (χ3v) is 3.42. The lowest BCUT2D eigenvalue weighted by atomic mass is 9.98. The van der Waals surface area contributed by atoms with Crippen molar-refractivity contribution < 1.29 is 0 Å². The van der Waals surface area contributed by atoms with Gasteiger partial charge in [0.25, 0.3) is 0 Å². The smallest absolute Gasteiger partial charge is 0.167 e. The average molecular weight is 284 g/mol. The Kier molecular flexibility index (Phi) is 5.13. The predicted molar refractivity (Wildman–Crippen MR) is 88.9 cm³/mol. The lowest BCUT2D eigenvalue weighted by Crippen LogP contribution is -2.37. The Bertz CT molecular complexity index is 549. The van der Waals surface area contributed by atoms with Crippen molar-refractivity contribution in [2.45, 2.75) is 19.9 Å². The van der Waals surface area contributed by atoms with Crippen LogP contribution in [0.3, 0.4) is 0 Å². The Morgan fingerprint density at radius 2 is 1.60 bits per heavy atom. The zero-order chi connectivity index (χ0) is 14.4. The molecule has 2 aromatic rings. The molecule has 104 valence electrons. The average Bonchev–Trinajstić information content (AvgIpc) is 2.47. The van der Waals surface area contributed by atoms with Gasteiger partial charge < -0.3 is 10.6 Å². The fourth-order valence-electron chi connectivity index (χ4n) is 2.11. The van der Waals surface area contributed by atoms with Gasteiger partial charge in [-0.3, -0.25) is 0 Å². The maximum absolute atomic E-state index is 5.33. The molecular formula is C17H20N2S. The van der Waals surface area contributed by atoms with Crippen molar-refractivity contribution in [1.82, 2.24) is 10.6 Å². The van der Waals surface area contributed by atoms with Gasteiger partial charge in [-0.05, 0) is 37.2 Å². The highest BCUT2D eigenvalue weighted by Gasteiger charge is 2.14. The topological polar surface area (TPSA) is 24.1 Å². The Balaban J connectivity index is 2.29. The number of rotatable bonds is 4. The van der Waals surface area contributed by atoms with E-state index in [1.54, 1.807) is 0 Å². The third-order valence-electron chi connectivity index (χ3n) is 3.16. The molecule has 0 aliphatic rings. The van der Waals surface area contributed by atoms with E-state index < -0.39 is 0 Å². The van der Waals surface area contributed by atoms with E-state index in [1.807, 2.05) is 13.0 Å². The highest BCUT2D eigenvalue weighted by Crippen LogP contribution is 2.22. The van der Waals surface area contributed by atoms with E-state index in [0.717, 1.165) is 6.54 Å². The van der Waals surface area contributed by atoms with E-state index in [4.69, 9.17) is 12.2 Å². The summed E-state index contributed by atoms with van der Waals surface area (Å²) in [6.45, 7) is 4.95. The number of thiocarbonyl (C=S) groups is 1. The summed E-state index contributed by atoms with van der Waals surface area (Å²) >= 11 is 5.33. The molecule has 0 unspecified atom stereocenters. The fraction of sp³-hybridized carbons (Fsp3) is 0.235. The second kappa shape index (κ2) is 7.06. The summed E-state index contributed by atoms with van der Waals surface area (Å²) in [6, 6.07) is 19.0. The molecule has 0 bridgehead atoms. The minimum absolute atomic E-state index is 0.0725. The second-order valence-electron chi connectivity index (χ2n) is 4.76. The Labute approximate surface area is 126 Å².